The topological polar surface area (TPSA) is 83.1 Å². The molecule has 2 aliphatic heterocycles. The first-order valence-electron chi connectivity index (χ1n) is 16.7. The molecule has 2 amide bonds. The summed E-state index contributed by atoms with van der Waals surface area (Å²) in [6, 6.07) is 35.3. The van der Waals surface area contributed by atoms with Crippen LogP contribution in [0, 0.1) is 0 Å². The van der Waals surface area contributed by atoms with Gasteiger partial charge in [-0.15, -0.1) is 0 Å². The van der Waals surface area contributed by atoms with Gasteiger partial charge < -0.3 is 20.1 Å². The fourth-order valence-electron chi connectivity index (χ4n) is 6.86. The van der Waals surface area contributed by atoms with Gasteiger partial charge in [0.2, 0.25) is 11.8 Å². The van der Waals surface area contributed by atoms with E-state index >= 15 is 0 Å². The van der Waals surface area contributed by atoms with E-state index in [1.165, 1.54) is 0 Å². The molecule has 2 heterocycles. The number of likely N-dealkylation sites (tertiary alicyclic amines) is 2. The SMILES string of the molecule is CO[C@@H](c1ccccc1)N1CCC[C@H]1C(=O)Nc1ccc(/C=C/c2ccc(NC(=O)[C@@H]3CCCN3[C@@H](OC)c3ccccc3)cc2)cc1. The second-order valence-electron chi connectivity index (χ2n) is 12.3. The number of rotatable bonds is 12. The lowest BCUT2D eigenvalue weighted by atomic mass is 10.1. The average Bonchev–Trinajstić information content (AvgIpc) is 3.81. The molecule has 0 bridgehead atoms. The van der Waals surface area contributed by atoms with Crippen LogP contribution in [0.4, 0.5) is 11.4 Å². The maximum Gasteiger partial charge on any atom is 0.241 e. The summed E-state index contributed by atoms with van der Waals surface area (Å²) in [6.07, 6.45) is 7.04. The van der Waals surface area contributed by atoms with Gasteiger partial charge in [-0.2, -0.15) is 0 Å². The number of methoxy groups -OCH3 is 2. The van der Waals surface area contributed by atoms with Crippen LogP contribution in [0.25, 0.3) is 12.2 Å². The minimum Gasteiger partial charge on any atom is -0.362 e. The molecule has 0 unspecified atom stereocenters. The predicted octanol–water partition coefficient (Wildman–Crippen LogP) is 7.35. The van der Waals surface area contributed by atoms with Crippen molar-refractivity contribution in [2.45, 2.75) is 50.2 Å². The molecule has 4 atom stereocenters. The Morgan fingerprint density at radius 1 is 0.604 bits per heavy atom. The van der Waals surface area contributed by atoms with Gasteiger partial charge in [0, 0.05) is 38.7 Å². The molecule has 48 heavy (non-hydrogen) atoms. The molecule has 2 saturated heterocycles. The number of nitrogens with one attached hydrogen (secondary N) is 2. The first-order chi connectivity index (χ1) is 23.5. The second-order valence-corrected chi connectivity index (χ2v) is 12.3. The summed E-state index contributed by atoms with van der Waals surface area (Å²) in [5, 5.41) is 6.21. The molecular weight excluding hydrogens is 600 g/mol. The molecule has 0 aromatic heterocycles. The minimum atomic E-state index is -0.256. The van der Waals surface area contributed by atoms with Crippen LogP contribution in [0.3, 0.4) is 0 Å². The van der Waals surface area contributed by atoms with Crippen molar-refractivity contribution < 1.29 is 19.1 Å². The zero-order valence-electron chi connectivity index (χ0n) is 27.6. The molecule has 0 aliphatic carbocycles. The van der Waals surface area contributed by atoms with Crippen molar-refractivity contribution in [2.24, 2.45) is 0 Å². The van der Waals surface area contributed by atoms with Crippen molar-refractivity contribution in [3.8, 4) is 0 Å². The fraction of sp³-hybridized carbons (Fsp3) is 0.300. The van der Waals surface area contributed by atoms with Crippen LogP contribution in [0.5, 0.6) is 0 Å². The summed E-state index contributed by atoms with van der Waals surface area (Å²) in [5.41, 5.74) is 5.66. The molecular formula is C40H44N4O4. The van der Waals surface area contributed by atoms with Crippen LogP contribution in [0.1, 0.15) is 60.4 Å². The van der Waals surface area contributed by atoms with E-state index < -0.39 is 0 Å². The maximum atomic E-state index is 13.3. The van der Waals surface area contributed by atoms with Crippen LogP contribution in [0.2, 0.25) is 0 Å². The van der Waals surface area contributed by atoms with E-state index in [1.807, 2.05) is 121 Å². The van der Waals surface area contributed by atoms with Gasteiger partial charge in [-0.05, 0) is 72.2 Å². The lowest BCUT2D eigenvalue weighted by molar-refractivity contribution is -0.126. The summed E-state index contributed by atoms with van der Waals surface area (Å²) < 4.78 is 11.6. The van der Waals surface area contributed by atoms with E-state index in [2.05, 4.69) is 20.4 Å². The molecule has 8 nitrogen and oxygen atoms in total. The standard InChI is InChI=1S/C40H44N4O4/c1-47-39(31-11-5-3-6-12-31)43-27-9-15-35(43)37(45)41-33-23-19-29(20-24-33)17-18-30-21-25-34(26-22-30)42-38(46)36-16-10-28-44(36)40(48-2)32-13-7-4-8-14-32/h3-8,11-14,17-26,35-36,39-40H,9-10,15-16,27-28H2,1-2H3,(H,41,45)(H,42,46)/b18-17+/t35-,36-,39-,40-/m0/s1. The number of amides is 2. The van der Waals surface area contributed by atoms with Gasteiger partial charge in [0.15, 0.2) is 0 Å². The third-order valence-electron chi connectivity index (χ3n) is 9.24. The highest BCUT2D eigenvalue weighted by molar-refractivity contribution is 5.96. The number of ether oxygens (including phenoxy) is 2. The summed E-state index contributed by atoms with van der Waals surface area (Å²) in [6.45, 7) is 1.62. The van der Waals surface area contributed by atoms with Crippen LogP contribution in [-0.2, 0) is 19.1 Å². The first kappa shape index (κ1) is 33.3. The number of hydrogen-bond acceptors (Lipinski definition) is 6. The lowest BCUT2D eigenvalue weighted by Crippen LogP contribution is -2.42. The van der Waals surface area contributed by atoms with E-state index in [1.54, 1.807) is 14.2 Å². The molecule has 0 spiro atoms. The van der Waals surface area contributed by atoms with E-state index in [0.29, 0.717) is 0 Å². The highest BCUT2D eigenvalue weighted by Crippen LogP contribution is 2.32. The molecule has 0 saturated carbocycles. The Kier molecular flexibility index (Phi) is 11.1. The van der Waals surface area contributed by atoms with Crippen LogP contribution in [-0.4, -0.2) is 61.0 Å². The summed E-state index contributed by atoms with van der Waals surface area (Å²) in [5.74, 6) is -0.0346. The van der Waals surface area contributed by atoms with Gasteiger partial charge >= 0.3 is 0 Å². The quantitative estimate of drug-likeness (QED) is 0.157. The zero-order chi connectivity index (χ0) is 33.3. The third kappa shape index (κ3) is 7.91. The van der Waals surface area contributed by atoms with Crippen LogP contribution >= 0.6 is 0 Å². The van der Waals surface area contributed by atoms with Crippen LogP contribution < -0.4 is 10.6 Å². The largest absolute Gasteiger partial charge is 0.362 e. The fourth-order valence-corrected chi connectivity index (χ4v) is 6.86. The highest BCUT2D eigenvalue weighted by atomic mass is 16.5. The smallest absolute Gasteiger partial charge is 0.241 e. The molecule has 2 aliphatic rings. The predicted molar refractivity (Wildman–Crippen MR) is 191 cm³/mol. The first-order valence-corrected chi connectivity index (χ1v) is 16.7. The Morgan fingerprint density at radius 2 is 0.979 bits per heavy atom. The lowest BCUT2D eigenvalue weighted by Gasteiger charge is -2.31. The number of carbonyl (C=O) groups excluding carboxylic acids is 2. The Labute approximate surface area is 283 Å². The summed E-state index contributed by atoms with van der Waals surface area (Å²) in [4.78, 5) is 30.9. The molecule has 2 fully saturated rings. The highest BCUT2D eigenvalue weighted by Gasteiger charge is 2.37. The van der Waals surface area contributed by atoms with Crippen molar-refractivity contribution in [3.05, 3.63) is 131 Å². The molecule has 2 N–H and O–H groups in total. The van der Waals surface area contributed by atoms with E-state index in [0.717, 1.165) is 72.4 Å². The molecule has 0 radical (unpaired) electrons. The Morgan fingerprint density at radius 3 is 1.33 bits per heavy atom. The normalized spacial score (nSPS) is 19.7. The van der Waals surface area contributed by atoms with Gasteiger partial charge in [0.1, 0.15) is 12.5 Å². The number of nitrogens with zero attached hydrogens (tertiary/aromatic N) is 2. The van der Waals surface area contributed by atoms with Crippen molar-refractivity contribution in [2.75, 3.05) is 37.9 Å². The zero-order valence-corrected chi connectivity index (χ0v) is 27.6. The van der Waals surface area contributed by atoms with Crippen molar-refractivity contribution >= 4 is 35.3 Å². The summed E-state index contributed by atoms with van der Waals surface area (Å²) >= 11 is 0. The van der Waals surface area contributed by atoms with Gasteiger partial charge in [0.05, 0.1) is 12.1 Å². The molecule has 248 valence electrons. The average molecular weight is 645 g/mol. The van der Waals surface area contributed by atoms with Crippen molar-refractivity contribution in [1.82, 2.24) is 9.80 Å². The van der Waals surface area contributed by atoms with E-state index in [4.69, 9.17) is 9.47 Å². The third-order valence-corrected chi connectivity index (χ3v) is 9.24. The van der Waals surface area contributed by atoms with E-state index in [9.17, 15) is 9.59 Å². The monoisotopic (exact) mass is 644 g/mol. The molecule has 4 aromatic carbocycles. The summed E-state index contributed by atoms with van der Waals surface area (Å²) in [7, 11) is 3.39. The number of anilines is 2. The van der Waals surface area contributed by atoms with Gasteiger partial charge in [-0.1, -0.05) is 97.1 Å². The van der Waals surface area contributed by atoms with Gasteiger partial charge in [-0.25, -0.2) is 0 Å². The van der Waals surface area contributed by atoms with Crippen molar-refractivity contribution in [1.29, 1.82) is 0 Å². The Bertz CT molecular complexity index is 1540. The molecule has 6 rings (SSSR count). The van der Waals surface area contributed by atoms with Gasteiger partial charge in [0.25, 0.3) is 0 Å². The maximum absolute atomic E-state index is 13.3. The van der Waals surface area contributed by atoms with Crippen LogP contribution in [0.15, 0.2) is 109 Å². The minimum absolute atomic E-state index is 0.0173. The number of carbonyl (C=O) groups is 2. The van der Waals surface area contributed by atoms with Crippen molar-refractivity contribution in [3.63, 3.8) is 0 Å². The Hall–Kier alpha value is -4.60. The second kappa shape index (κ2) is 16.0. The Balaban J connectivity index is 1.02. The number of benzene rings is 4. The molecule has 8 heteroatoms. The molecule has 4 aromatic rings. The number of hydrogen-bond donors (Lipinski definition) is 2. The van der Waals surface area contributed by atoms with Gasteiger partial charge in [-0.3, -0.25) is 19.4 Å². The van der Waals surface area contributed by atoms with E-state index in [-0.39, 0.29) is 36.4 Å².